The lowest BCUT2D eigenvalue weighted by atomic mass is 10.2. The maximum Gasteiger partial charge on any atom is 0.387 e. The van der Waals surface area contributed by atoms with Crippen LogP contribution in [0.1, 0.15) is 0 Å². The van der Waals surface area contributed by atoms with Crippen molar-refractivity contribution >= 4 is 33.4 Å². The largest absolute Gasteiger partial charge is 0.427 e. The van der Waals surface area contributed by atoms with Gasteiger partial charge >= 0.3 is 12.3 Å². The summed E-state index contributed by atoms with van der Waals surface area (Å²) in [7, 11) is 0. The first kappa shape index (κ1) is 18.3. The Kier molecular flexibility index (Phi) is 5.47. The van der Waals surface area contributed by atoms with Gasteiger partial charge in [-0.3, -0.25) is 10.1 Å². The Hall–Kier alpha value is -2.53. The summed E-state index contributed by atoms with van der Waals surface area (Å²) in [6.07, 6.45) is 0. The smallest absolute Gasteiger partial charge is 0.387 e. The van der Waals surface area contributed by atoms with Crippen molar-refractivity contribution in [1.82, 2.24) is 10.2 Å². The second-order valence-electron chi connectivity index (χ2n) is 4.72. The first-order valence-electron chi connectivity index (χ1n) is 6.93. The molecule has 0 amide bonds. The Morgan fingerprint density at radius 2 is 2.00 bits per heavy atom. The van der Waals surface area contributed by atoms with E-state index < -0.39 is 23.0 Å². The lowest BCUT2D eigenvalue weighted by Crippen LogP contribution is -2.04. The number of alkyl halides is 2. The molecule has 0 aliphatic rings. The zero-order valence-electron chi connectivity index (χ0n) is 12.6. The topological polar surface area (TPSA) is 91.3 Å². The third-order valence-corrected chi connectivity index (χ3v) is 4.58. The van der Waals surface area contributed by atoms with Gasteiger partial charge in [-0.05, 0) is 45.9 Å². The molecule has 0 fully saturated rings. The molecule has 0 N–H and O–H groups in total. The van der Waals surface area contributed by atoms with Crippen LogP contribution in [-0.4, -0.2) is 21.7 Å². The standard InChI is InChI=1S/C15H8BrF2N3O4S/c16-10-4-2-1-3-9(10)13-19-20-15(25-13)26-8-5-6-11(21(22)23)12(7-8)24-14(17)18/h1-7,14H. The highest BCUT2D eigenvalue weighted by atomic mass is 79.9. The van der Waals surface area contributed by atoms with Crippen LogP contribution in [0.25, 0.3) is 11.5 Å². The van der Waals surface area contributed by atoms with Crippen molar-refractivity contribution in [1.29, 1.82) is 0 Å². The molecule has 2 aromatic carbocycles. The second-order valence-corrected chi connectivity index (χ2v) is 6.60. The molecule has 0 atom stereocenters. The highest BCUT2D eigenvalue weighted by Crippen LogP contribution is 2.37. The maximum atomic E-state index is 12.5. The molecular weight excluding hydrogens is 436 g/mol. The van der Waals surface area contributed by atoms with Crippen molar-refractivity contribution in [2.45, 2.75) is 16.7 Å². The zero-order chi connectivity index (χ0) is 18.7. The summed E-state index contributed by atoms with van der Waals surface area (Å²) in [5.41, 5.74) is 0.131. The molecule has 11 heteroatoms. The van der Waals surface area contributed by atoms with Crippen LogP contribution in [0.2, 0.25) is 0 Å². The minimum atomic E-state index is -3.18. The van der Waals surface area contributed by atoms with Crippen molar-refractivity contribution in [3.63, 3.8) is 0 Å². The van der Waals surface area contributed by atoms with Crippen molar-refractivity contribution in [3.05, 3.63) is 57.1 Å². The third kappa shape index (κ3) is 4.17. The van der Waals surface area contributed by atoms with Crippen LogP contribution in [0, 0.1) is 10.1 Å². The minimum Gasteiger partial charge on any atom is -0.427 e. The third-order valence-electron chi connectivity index (χ3n) is 3.06. The zero-order valence-corrected chi connectivity index (χ0v) is 15.0. The number of halogens is 3. The summed E-state index contributed by atoms with van der Waals surface area (Å²) in [5.74, 6) is -0.272. The molecule has 26 heavy (non-hydrogen) atoms. The van der Waals surface area contributed by atoms with Gasteiger partial charge in [0.15, 0.2) is 0 Å². The van der Waals surface area contributed by atoms with Gasteiger partial charge < -0.3 is 9.15 Å². The van der Waals surface area contributed by atoms with Gasteiger partial charge in [0.05, 0.1) is 10.5 Å². The van der Waals surface area contributed by atoms with Gasteiger partial charge in [-0.1, -0.05) is 12.1 Å². The number of hydrogen-bond acceptors (Lipinski definition) is 7. The summed E-state index contributed by atoms with van der Waals surface area (Å²) in [6.45, 7) is -3.18. The van der Waals surface area contributed by atoms with Crippen molar-refractivity contribution < 1.29 is 22.9 Å². The van der Waals surface area contributed by atoms with E-state index >= 15 is 0 Å². The molecule has 1 heterocycles. The average molecular weight is 444 g/mol. The molecule has 3 aromatic rings. The summed E-state index contributed by atoms with van der Waals surface area (Å²) < 4.78 is 35.4. The number of benzene rings is 2. The van der Waals surface area contributed by atoms with Gasteiger partial charge in [0, 0.05) is 21.5 Å². The van der Waals surface area contributed by atoms with Gasteiger partial charge in [0.25, 0.3) is 5.22 Å². The predicted octanol–water partition coefficient (Wildman–Crippen LogP) is 5.16. The number of nitro benzene ring substituents is 1. The molecule has 134 valence electrons. The fourth-order valence-electron chi connectivity index (χ4n) is 1.99. The SMILES string of the molecule is O=[N+]([O-])c1ccc(Sc2nnc(-c3ccccc3Br)o2)cc1OC(F)F. The maximum absolute atomic E-state index is 12.5. The lowest BCUT2D eigenvalue weighted by molar-refractivity contribution is -0.386. The van der Waals surface area contributed by atoms with Crippen LogP contribution >= 0.6 is 27.7 Å². The summed E-state index contributed by atoms with van der Waals surface area (Å²) in [4.78, 5) is 10.5. The van der Waals surface area contributed by atoms with Crippen LogP contribution < -0.4 is 4.74 Å². The minimum absolute atomic E-state index is 0.146. The molecule has 0 saturated heterocycles. The second kappa shape index (κ2) is 7.79. The highest BCUT2D eigenvalue weighted by molar-refractivity contribution is 9.10. The molecule has 7 nitrogen and oxygen atoms in total. The monoisotopic (exact) mass is 443 g/mol. The van der Waals surface area contributed by atoms with E-state index in [1.807, 2.05) is 12.1 Å². The first-order valence-corrected chi connectivity index (χ1v) is 8.54. The number of hydrogen-bond donors (Lipinski definition) is 0. The Morgan fingerprint density at radius 3 is 2.69 bits per heavy atom. The molecule has 0 spiro atoms. The van der Waals surface area contributed by atoms with E-state index in [2.05, 4.69) is 30.9 Å². The average Bonchev–Trinajstić information content (AvgIpc) is 3.03. The molecular formula is C15H8BrF2N3O4S. The summed E-state index contributed by atoms with van der Waals surface area (Å²) in [5, 5.41) is 18.9. The molecule has 0 aliphatic heterocycles. The van der Waals surface area contributed by atoms with Crippen molar-refractivity contribution in [3.8, 4) is 17.2 Å². The Balaban J connectivity index is 1.85. The van der Waals surface area contributed by atoms with Crippen LogP contribution in [0.15, 0.2) is 61.5 Å². The van der Waals surface area contributed by atoms with E-state index in [0.29, 0.717) is 10.5 Å². The quantitative estimate of drug-likeness (QED) is 0.383. The molecule has 3 rings (SSSR count). The van der Waals surface area contributed by atoms with E-state index in [9.17, 15) is 18.9 Å². The van der Waals surface area contributed by atoms with Crippen molar-refractivity contribution in [2.24, 2.45) is 0 Å². The van der Waals surface area contributed by atoms with Crippen LogP contribution in [0.5, 0.6) is 5.75 Å². The van der Waals surface area contributed by atoms with E-state index in [4.69, 9.17) is 4.42 Å². The molecule has 0 radical (unpaired) electrons. The Labute approximate surface area is 157 Å². The van der Waals surface area contributed by atoms with E-state index in [1.165, 1.54) is 6.07 Å². The number of nitro groups is 1. The first-order chi connectivity index (χ1) is 12.4. The van der Waals surface area contributed by atoms with E-state index in [1.54, 1.807) is 12.1 Å². The molecule has 0 unspecified atom stereocenters. The number of nitrogens with zero attached hydrogens (tertiary/aromatic N) is 3. The normalized spacial score (nSPS) is 10.9. The fraction of sp³-hybridized carbons (Fsp3) is 0.0667. The van der Waals surface area contributed by atoms with E-state index in [0.717, 1.165) is 28.4 Å². The molecule has 0 bridgehead atoms. The molecule has 0 aliphatic carbocycles. The number of aromatic nitrogens is 2. The van der Waals surface area contributed by atoms with Gasteiger partial charge in [0.2, 0.25) is 11.6 Å². The van der Waals surface area contributed by atoms with Gasteiger partial charge in [-0.25, -0.2) is 0 Å². The van der Waals surface area contributed by atoms with Crippen molar-refractivity contribution in [2.75, 3.05) is 0 Å². The van der Waals surface area contributed by atoms with Crippen LogP contribution in [-0.2, 0) is 0 Å². The highest BCUT2D eigenvalue weighted by Gasteiger charge is 2.20. The number of ether oxygens (including phenoxy) is 1. The van der Waals surface area contributed by atoms with Crippen LogP contribution in [0.3, 0.4) is 0 Å². The predicted molar refractivity (Wildman–Crippen MR) is 91.3 cm³/mol. The summed E-state index contributed by atoms with van der Waals surface area (Å²) in [6, 6.07) is 10.8. The van der Waals surface area contributed by atoms with Gasteiger partial charge in [-0.2, -0.15) is 8.78 Å². The van der Waals surface area contributed by atoms with Gasteiger partial charge in [-0.15, -0.1) is 10.2 Å². The molecule has 0 saturated carbocycles. The van der Waals surface area contributed by atoms with Crippen LogP contribution in [0.4, 0.5) is 14.5 Å². The summed E-state index contributed by atoms with van der Waals surface area (Å²) >= 11 is 4.34. The van der Waals surface area contributed by atoms with Gasteiger partial charge in [0.1, 0.15) is 0 Å². The Morgan fingerprint density at radius 1 is 1.23 bits per heavy atom. The van der Waals surface area contributed by atoms with E-state index in [-0.39, 0.29) is 11.1 Å². The lowest BCUT2D eigenvalue weighted by Gasteiger charge is -2.06. The fourth-order valence-corrected chi connectivity index (χ4v) is 3.15. The number of rotatable bonds is 6. The Bertz CT molecular complexity index is 954. The molecule has 1 aromatic heterocycles.